The first-order valence-corrected chi connectivity index (χ1v) is 9.13. The van der Waals surface area contributed by atoms with Gasteiger partial charge in [0.25, 0.3) is 0 Å². The number of likely N-dealkylation sites (tertiary alicyclic amines) is 1. The van der Waals surface area contributed by atoms with Gasteiger partial charge >= 0.3 is 5.97 Å². The van der Waals surface area contributed by atoms with Crippen molar-refractivity contribution < 1.29 is 14.7 Å². The number of carbonyl (C=O) groups excluding carboxylic acids is 1. The number of nitrogens with zero attached hydrogens (tertiary/aromatic N) is 2. The number of amides is 1. The summed E-state index contributed by atoms with van der Waals surface area (Å²) in [6.07, 6.45) is 6.49. The van der Waals surface area contributed by atoms with Gasteiger partial charge < -0.3 is 10.0 Å². The van der Waals surface area contributed by atoms with Crippen LogP contribution >= 0.6 is 0 Å². The van der Waals surface area contributed by atoms with Crippen molar-refractivity contribution in [2.24, 2.45) is 5.92 Å². The van der Waals surface area contributed by atoms with E-state index >= 15 is 0 Å². The minimum absolute atomic E-state index is 0.000229. The lowest BCUT2D eigenvalue weighted by atomic mass is 10.00. The first kappa shape index (κ1) is 19.4. The van der Waals surface area contributed by atoms with Crippen LogP contribution in [-0.4, -0.2) is 45.5 Å². The Bertz CT molecular complexity index is 577. The van der Waals surface area contributed by atoms with E-state index in [0.717, 1.165) is 18.4 Å². The SMILES string of the molecule is CCC(NC(CC(C)C)C(=O)N1CCC[C@@H]1c1cccnc1)C(=O)O. The maximum atomic E-state index is 13.2. The van der Waals surface area contributed by atoms with Gasteiger partial charge in [0.15, 0.2) is 0 Å². The van der Waals surface area contributed by atoms with Crippen molar-refractivity contribution in [3.05, 3.63) is 30.1 Å². The molecule has 138 valence electrons. The van der Waals surface area contributed by atoms with E-state index in [4.69, 9.17) is 0 Å². The highest BCUT2D eigenvalue weighted by Gasteiger charge is 2.35. The fraction of sp³-hybridized carbons (Fsp3) is 0.632. The second kappa shape index (κ2) is 8.94. The molecular weight excluding hydrogens is 318 g/mol. The molecule has 0 radical (unpaired) electrons. The van der Waals surface area contributed by atoms with Crippen molar-refractivity contribution >= 4 is 11.9 Å². The van der Waals surface area contributed by atoms with Gasteiger partial charge in [-0.1, -0.05) is 26.8 Å². The average Bonchev–Trinajstić information content (AvgIpc) is 3.07. The fourth-order valence-electron chi connectivity index (χ4n) is 3.47. The van der Waals surface area contributed by atoms with Crippen LogP contribution in [0.3, 0.4) is 0 Å². The van der Waals surface area contributed by atoms with E-state index in [0.29, 0.717) is 25.3 Å². The molecule has 1 aromatic heterocycles. The molecule has 1 aliphatic heterocycles. The number of aliphatic carboxylic acids is 1. The Balaban J connectivity index is 2.18. The van der Waals surface area contributed by atoms with Crippen LogP contribution in [0.4, 0.5) is 0 Å². The molecule has 6 heteroatoms. The molecule has 0 bridgehead atoms. The van der Waals surface area contributed by atoms with E-state index < -0.39 is 18.1 Å². The number of carbonyl (C=O) groups is 2. The van der Waals surface area contributed by atoms with Gasteiger partial charge in [-0.25, -0.2) is 0 Å². The molecule has 0 saturated carbocycles. The highest BCUT2D eigenvalue weighted by molar-refractivity contribution is 5.84. The summed E-state index contributed by atoms with van der Waals surface area (Å²) in [5.74, 6) is -0.610. The van der Waals surface area contributed by atoms with Crippen molar-refractivity contribution in [2.75, 3.05) is 6.54 Å². The predicted molar refractivity (Wildman–Crippen MR) is 96.0 cm³/mol. The van der Waals surface area contributed by atoms with E-state index in [-0.39, 0.29) is 11.9 Å². The maximum absolute atomic E-state index is 13.2. The van der Waals surface area contributed by atoms with Gasteiger partial charge in [-0.15, -0.1) is 0 Å². The zero-order valence-corrected chi connectivity index (χ0v) is 15.3. The Morgan fingerprint density at radius 2 is 2.16 bits per heavy atom. The highest BCUT2D eigenvalue weighted by Crippen LogP contribution is 2.32. The number of carboxylic acid groups (broad SMARTS) is 1. The van der Waals surface area contributed by atoms with Crippen LogP contribution in [0.25, 0.3) is 0 Å². The highest BCUT2D eigenvalue weighted by atomic mass is 16.4. The molecule has 1 amide bonds. The van der Waals surface area contributed by atoms with Crippen molar-refractivity contribution in [2.45, 2.75) is 64.6 Å². The molecule has 1 aliphatic rings. The smallest absolute Gasteiger partial charge is 0.320 e. The number of aromatic nitrogens is 1. The first-order valence-electron chi connectivity index (χ1n) is 9.13. The summed E-state index contributed by atoms with van der Waals surface area (Å²) < 4.78 is 0. The monoisotopic (exact) mass is 347 g/mol. The Morgan fingerprint density at radius 1 is 1.40 bits per heavy atom. The zero-order valence-electron chi connectivity index (χ0n) is 15.3. The maximum Gasteiger partial charge on any atom is 0.320 e. The van der Waals surface area contributed by atoms with Crippen molar-refractivity contribution in [1.82, 2.24) is 15.2 Å². The van der Waals surface area contributed by atoms with Crippen LogP contribution in [0.15, 0.2) is 24.5 Å². The minimum Gasteiger partial charge on any atom is -0.480 e. The fourth-order valence-corrected chi connectivity index (χ4v) is 3.47. The van der Waals surface area contributed by atoms with Crippen LogP contribution < -0.4 is 5.32 Å². The molecule has 0 aliphatic carbocycles. The van der Waals surface area contributed by atoms with Gasteiger partial charge in [0.05, 0.1) is 12.1 Å². The number of hydrogen-bond acceptors (Lipinski definition) is 4. The largest absolute Gasteiger partial charge is 0.480 e. The molecule has 1 aromatic rings. The molecule has 0 aromatic carbocycles. The number of hydrogen-bond donors (Lipinski definition) is 2. The van der Waals surface area contributed by atoms with Crippen LogP contribution in [0.5, 0.6) is 0 Å². The molecule has 2 unspecified atom stereocenters. The Kier molecular flexibility index (Phi) is 6.93. The second-order valence-corrected chi connectivity index (χ2v) is 7.12. The van der Waals surface area contributed by atoms with Gasteiger partial charge in [0, 0.05) is 18.9 Å². The summed E-state index contributed by atoms with van der Waals surface area (Å²) in [6.45, 7) is 6.62. The topological polar surface area (TPSA) is 82.5 Å². The molecular formula is C19H29N3O3. The third-order valence-electron chi connectivity index (χ3n) is 4.72. The van der Waals surface area contributed by atoms with Crippen molar-refractivity contribution in [3.8, 4) is 0 Å². The van der Waals surface area contributed by atoms with Crippen molar-refractivity contribution in [3.63, 3.8) is 0 Å². The van der Waals surface area contributed by atoms with Crippen LogP contribution in [0, 0.1) is 5.92 Å². The Hall–Kier alpha value is -1.95. The Labute approximate surface area is 149 Å². The van der Waals surface area contributed by atoms with Crippen LogP contribution in [0.2, 0.25) is 0 Å². The Morgan fingerprint density at radius 3 is 2.72 bits per heavy atom. The van der Waals surface area contributed by atoms with Crippen molar-refractivity contribution in [1.29, 1.82) is 0 Å². The number of rotatable bonds is 8. The first-order chi connectivity index (χ1) is 11.9. The third-order valence-corrected chi connectivity index (χ3v) is 4.72. The summed E-state index contributed by atoms with van der Waals surface area (Å²) in [7, 11) is 0. The van der Waals surface area contributed by atoms with Gasteiger partial charge in [0.1, 0.15) is 6.04 Å². The summed E-state index contributed by atoms with van der Waals surface area (Å²) in [5.41, 5.74) is 1.04. The molecule has 2 rings (SSSR count). The number of pyridine rings is 1. The third kappa shape index (κ3) is 5.01. The van der Waals surface area contributed by atoms with Gasteiger partial charge in [-0.05, 0) is 43.2 Å². The molecule has 2 heterocycles. The van der Waals surface area contributed by atoms with E-state index in [1.54, 1.807) is 6.20 Å². The van der Waals surface area contributed by atoms with Gasteiger partial charge in [-0.3, -0.25) is 19.9 Å². The second-order valence-electron chi connectivity index (χ2n) is 7.12. The predicted octanol–water partition coefficient (Wildman–Crippen LogP) is 2.61. The van der Waals surface area contributed by atoms with Crippen LogP contribution in [-0.2, 0) is 9.59 Å². The summed E-state index contributed by atoms with van der Waals surface area (Å²) in [5, 5.41) is 12.4. The van der Waals surface area contributed by atoms with E-state index in [9.17, 15) is 14.7 Å². The number of carboxylic acids is 1. The van der Waals surface area contributed by atoms with E-state index in [2.05, 4.69) is 10.3 Å². The molecule has 3 atom stereocenters. The zero-order chi connectivity index (χ0) is 18.4. The van der Waals surface area contributed by atoms with E-state index in [1.165, 1.54) is 0 Å². The van der Waals surface area contributed by atoms with Crippen LogP contribution in [0.1, 0.15) is 58.1 Å². The standard InChI is InChI=1S/C19H29N3O3/c1-4-15(19(24)25)21-16(11-13(2)3)18(23)22-10-6-8-17(22)14-7-5-9-20-12-14/h5,7,9,12-13,15-17,21H,4,6,8,10-11H2,1-3H3,(H,24,25)/t15?,16?,17-/m1/s1. The minimum atomic E-state index is -0.908. The quantitative estimate of drug-likeness (QED) is 0.755. The molecule has 2 N–H and O–H groups in total. The number of nitrogens with one attached hydrogen (secondary N) is 1. The molecule has 25 heavy (non-hydrogen) atoms. The summed E-state index contributed by atoms with van der Waals surface area (Å²) in [6, 6.07) is 2.74. The van der Waals surface area contributed by atoms with Gasteiger partial charge in [-0.2, -0.15) is 0 Å². The summed E-state index contributed by atoms with van der Waals surface area (Å²) >= 11 is 0. The van der Waals surface area contributed by atoms with Gasteiger partial charge in [0.2, 0.25) is 5.91 Å². The molecule has 1 fully saturated rings. The summed E-state index contributed by atoms with van der Waals surface area (Å²) in [4.78, 5) is 30.6. The normalized spacial score (nSPS) is 19.8. The molecule has 1 saturated heterocycles. The van der Waals surface area contributed by atoms with E-state index in [1.807, 2.05) is 44.0 Å². The molecule has 6 nitrogen and oxygen atoms in total. The average molecular weight is 347 g/mol. The lowest BCUT2D eigenvalue weighted by Gasteiger charge is -2.31. The molecule has 0 spiro atoms. The lowest BCUT2D eigenvalue weighted by Crippen LogP contribution is -2.52. The lowest BCUT2D eigenvalue weighted by molar-refractivity contribution is -0.141.